The Balaban J connectivity index is 1.64. The number of methoxy groups -OCH3 is 1. The maximum atomic E-state index is 15.6. The van der Waals surface area contributed by atoms with Crippen LogP contribution in [-0.4, -0.2) is 170 Å². The summed E-state index contributed by atoms with van der Waals surface area (Å²) in [5.41, 5.74) is 13.5. The molecule has 3 aliphatic rings. The van der Waals surface area contributed by atoms with Crippen LogP contribution >= 0.6 is 0 Å². The Labute approximate surface area is 428 Å². The van der Waals surface area contributed by atoms with E-state index in [9.17, 15) is 58.5 Å². The first-order valence-corrected chi connectivity index (χ1v) is 25.5. The Morgan fingerprint density at radius 2 is 1.51 bits per heavy atom. The van der Waals surface area contributed by atoms with E-state index < -0.39 is 176 Å². The smallest absolute Gasteiger partial charge is 0.248 e. The fourth-order valence-electron chi connectivity index (χ4n) is 9.16. The van der Waals surface area contributed by atoms with Gasteiger partial charge in [0.05, 0.1) is 57.5 Å². The zero-order chi connectivity index (χ0) is 54.1. The second-order valence-electron chi connectivity index (χ2n) is 18.8. The summed E-state index contributed by atoms with van der Waals surface area (Å²) in [4.78, 5) is 128. The van der Waals surface area contributed by atoms with E-state index in [4.69, 9.17) is 16.2 Å². The number of hydrogen-bond donors (Lipinski definition) is 12. The van der Waals surface area contributed by atoms with Gasteiger partial charge in [-0.05, 0) is 29.2 Å². The summed E-state index contributed by atoms with van der Waals surface area (Å²) in [7, 11) is 1.42. The Morgan fingerprint density at radius 1 is 0.851 bits per heavy atom. The summed E-state index contributed by atoms with van der Waals surface area (Å²) < 4.78 is 22.8. The molecule has 0 saturated carbocycles. The van der Waals surface area contributed by atoms with Crippen molar-refractivity contribution in [2.75, 3.05) is 39.1 Å². The lowest BCUT2D eigenvalue weighted by Crippen LogP contribution is -2.62. The Morgan fingerprint density at radius 3 is 2.15 bits per heavy atom. The number of rotatable bonds is 11. The van der Waals surface area contributed by atoms with E-state index in [2.05, 4.69) is 37.2 Å². The summed E-state index contributed by atoms with van der Waals surface area (Å²) in [6.45, 7) is 1.99. The van der Waals surface area contributed by atoms with Crippen LogP contribution in [0.2, 0.25) is 0 Å². The molecule has 0 aliphatic carbocycles. The predicted octanol–water partition coefficient (Wildman–Crippen LogP) is -4.64. The number of hydrogen-bond acceptors (Lipinski definition) is 15. The van der Waals surface area contributed by atoms with Crippen LogP contribution in [-0.2, 0) is 73.8 Å². The molecule has 1 fully saturated rings. The molecule has 1 aromatic heterocycles. The summed E-state index contributed by atoms with van der Waals surface area (Å²) in [5.74, 6) is -11.4. The largest absolute Gasteiger partial charge is 0.610 e. The van der Waals surface area contributed by atoms with Gasteiger partial charge in [0, 0.05) is 60.0 Å². The van der Waals surface area contributed by atoms with Crippen molar-refractivity contribution in [1.82, 2.24) is 46.7 Å². The number of nitrogens with one attached hydrogen (secondary N) is 7. The molecule has 74 heavy (non-hydrogen) atoms. The molecule has 3 unspecified atom stereocenters. The van der Waals surface area contributed by atoms with Gasteiger partial charge < -0.3 is 78.2 Å². The average molecular weight is 1050 g/mol. The number of benzene rings is 2. The minimum atomic E-state index is -2.44. The Hall–Kier alpha value is -6.84. The van der Waals surface area contributed by atoms with Gasteiger partial charge in [-0.3, -0.25) is 47.7 Å². The third kappa shape index (κ3) is 13.3. The summed E-state index contributed by atoms with van der Waals surface area (Å²) in [6, 6.07) is 1.92. The van der Waals surface area contributed by atoms with E-state index >= 15 is 4.55 Å². The van der Waals surface area contributed by atoms with Crippen LogP contribution in [0.15, 0.2) is 47.5 Å². The number of nitrogens with two attached hydrogens (primary N) is 2. The third-order valence-electron chi connectivity index (χ3n) is 13.6. The highest BCUT2D eigenvalue weighted by molar-refractivity contribution is 7.91. The lowest BCUT2D eigenvalue weighted by Gasteiger charge is -2.33. The minimum absolute atomic E-state index is 0.0195. The van der Waals surface area contributed by atoms with Crippen molar-refractivity contribution < 1.29 is 67.8 Å². The molecule has 3 aromatic rings. The van der Waals surface area contributed by atoms with Gasteiger partial charge in [-0.15, -0.1) is 0 Å². The first kappa shape index (κ1) is 56.5. The van der Waals surface area contributed by atoms with Crippen LogP contribution in [0.5, 0.6) is 5.75 Å². The molecule has 1 saturated heterocycles. The van der Waals surface area contributed by atoms with E-state index in [1.807, 2.05) is 0 Å². The molecule has 2 bridgehead atoms. The topological polar surface area (TPSA) is 391 Å². The Kier molecular flexibility index (Phi) is 19.0. The molecule has 0 radical (unpaired) electrons. The first-order valence-electron chi connectivity index (χ1n) is 24.1. The van der Waals surface area contributed by atoms with Crippen molar-refractivity contribution in [2.45, 2.75) is 113 Å². The monoisotopic (exact) mass is 1050 g/mol. The van der Waals surface area contributed by atoms with Crippen molar-refractivity contribution in [2.24, 2.45) is 23.3 Å². The van der Waals surface area contributed by atoms with Gasteiger partial charge in [-0.25, -0.2) is 0 Å². The molecular formula is C48H65N11O14S. The third-order valence-corrected chi connectivity index (χ3v) is 15.1. The highest BCUT2D eigenvalue weighted by atomic mass is 32.2. The molecule has 3 aliphatic heterocycles. The SMILES string of the molecule is CC[C@H](C)[C@@H]1NC(=O)CNC(=O)C2Cc3c(n(Cc4ccc(CN)cc4)c4cc(OC)ccc34)[S@+]([O-])CC(NC(=O)CNC1=O)C(=O)N[C@@H](CC(N)=O)C(=O)N1CC(O)C[C@H]1C(=O)N[C@@H]([C@@H](C)[C@@H](O)CO)C(=O)N2. The van der Waals surface area contributed by atoms with Gasteiger partial charge in [0.2, 0.25) is 58.2 Å². The maximum Gasteiger partial charge on any atom is 0.248 e. The number of aliphatic hydroxyl groups is 3. The van der Waals surface area contributed by atoms with E-state index in [1.54, 1.807) is 60.9 Å². The number of amides is 9. The molecule has 6 rings (SSSR count). The number of primary amides is 1. The van der Waals surface area contributed by atoms with Gasteiger partial charge in [0.25, 0.3) is 0 Å². The lowest BCUT2D eigenvalue weighted by atomic mass is 9.93. The highest BCUT2D eigenvalue weighted by Gasteiger charge is 2.45. The number of ether oxygens (including phenoxy) is 1. The van der Waals surface area contributed by atoms with Crippen molar-refractivity contribution in [1.29, 1.82) is 0 Å². The maximum absolute atomic E-state index is 15.6. The summed E-state index contributed by atoms with van der Waals surface area (Å²) >= 11 is -2.44. The van der Waals surface area contributed by atoms with Gasteiger partial charge >= 0.3 is 0 Å². The van der Waals surface area contributed by atoms with Gasteiger partial charge in [0.1, 0.15) is 41.7 Å². The van der Waals surface area contributed by atoms with Crippen LogP contribution in [0, 0.1) is 11.8 Å². The molecule has 14 N–H and O–H groups in total. The molecule has 25 nitrogen and oxygen atoms in total. The number of aromatic nitrogens is 1. The zero-order valence-corrected chi connectivity index (χ0v) is 42.2. The Bertz CT molecular complexity index is 2620. The number of carbonyl (C=O) groups excluding carboxylic acids is 9. The van der Waals surface area contributed by atoms with Gasteiger partial charge in [-0.2, -0.15) is 0 Å². The van der Waals surface area contributed by atoms with Crippen LogP contribution in [0.1, 0.15) is 56.7 Å². The van der Waals surface area contributed by atoms with Crippen molar-refractivity contribution in [3.05, 3.63) is 59.2 Å². The van der Waals surface area contributed by atoms with Crippen LogP contribution < -0.4 is 53.4 Å². The van der Waals surface area contributed by atoms with E-state index in [1.165, 1.54) is 14.0 Å². The molecule has 2 aromatic carbocycles. The van der Waals surface area contributed by atoms with Gasteiger partial charge in [-0.1, -0.05) is 51.5 Å². The van der Waals surface area contributed by atoms with Crippen LogP contribution in [0.3, 0.4) is 0 Å². The normalized spacial score (nSPS) is 26.2. The zero-order valence-electron chi connectivity index (χ0n) is 41.4. The van der Waals surface area contributed by atoms with Crippen molar-refractivity contribution in [3.63, 3.8) is 0 Å². The first-order chi connectivity index (χ1) is 35.2. The molecule has 9 amide bonds. The number of fused-ring (bicyclic) bond motifs is 5. The molecule has 402 valence electrons. The summed E-state index contributed by atoms with van der Waals surface area (Å²) in [6.07, 6.45) is -4.45. The number of carbonyl (C=O) groups is 9. The van der Waals surface area contributed by atoms with Crippen LogP contribution in [0.4, 0.5) is 0 Å². The van der Waals surface area contributed by atoms with Crippen molar-refractivity contribution >= 4 is 75.2 Å². The second kappa shape index (κ2) is 24.9. The second-order valence-corrected chi connectivity index (χ2v) is 20.2. The van der Waals surface area contributed by atoms with Crippen molar-refractivity contribution in [3.8, 4) is 5.75 Å². The standard InChI is InChI=1S/C48H65N11O14S/c1-5-23(2)40-45(69)52-17-38(64)53-33-22-74(72)48-30(29-11-10-28(73-4)13-34(29)59(48)19-26-8-6-25(16-49)7-9-26)14-31(42(66)51-18-39(65)56-40)54-46(70)41(24(3)36(62)21-60)57-44(68)35-12-27(61)20-58(35)47(71)32(15-37(50)63)55-43(33)67/h6-11,13,23-24,27,31-33,35-36,40-41,60-62H,5,12,14-22,49H2,1-4H3,(H2,50,63)(H,51,66)(H,52,69)(H,53,64)(H,54,70)(H,55,67)(H,56,65)(H,57,68)/t23-,24-,27?,31?,32-,33?,35-,36-,40-,41-,74+/m0/s1. The number of nitrogens with zero attached hydrogens (tertiary/aromatic N) is 2. The predicted molar refractivity (Wildman–Crippen MR) is 264 cm³/mol. The summed E-state index contributed by atoms with van der Waals surface area (Å²) in [5, 5.41) is 49.7. The lowest BCUT2D eigenvalue weighted by molar-refractivity contribution is -0.144. The fourth-order valence-corrected chi connectivity index (χ4v) is 10.7. The van der Waals surface area contributed by atoms with Gasteiger partial charge in [0.15, 0.2) is 6.04 Å². The van der Waals surface area contributed by atoms with Crippen LogP contribution in [0.25, 0.3) is 10.9 Å². The molecule has 26 heteroatoms. The minimum Gasteiger partial charge on any atom is -0.610 e. The number of aliphatic hydroxyl groups excluding tert-OH is 3. The fraction of sp³-hybridized carbons (Fsp3) is 0.521. The molecule has 0 spiro atoms. The average Bonchev–Trinajstić information content (AvgIpc) is 3.92. The quantitative estimate of drug-likeness (QED) is 0.0804. The van der Waals surface area contributed by atoms with E-state index in [-0.39, 0.29) is 23.7 Å². The molecular weight excluding hydrogens is 987 g/mol. The molecule has 4 heterocycles. The highest BCUT2D eigenvalue weighted by Crippen LogP contribution is 2.35. The molecule has 11 atom stereocenters. The van der Waals surface area contributed by atoms with E-state index in [0.717, 1.165) is 10.5 Å². The van der Waals surface area contributed by atoms with E-state index in [0.29, 0.717) is 28.6 Å².